The molecule has 3 aromatic carbocycles. The molecule has 6 nitrogen and oxygen atoms in total. The van der Waals surface area contributed by atoms with E-state index in [0.717, 1.165) is 11.1 Å². The van der Waals surface area contributed by atoms with Gasteiger partial charge >= 0.3 is 6.03 Å². The molecule has 0 aliphatic heterocycles. The number of hydrogen-bond acceptors (Lipinski definition) is 3. The van der Waals surface area contributed by atoms with E-state index in [1.165, 1.54) is 7.05 Å². The second kappa shape index (κ2) is 10.1. The number of rotatable bonds is 7. The van der Waals surface area contributed by atoms with Gasteiger partial charge in [0.15, 0.2) is 0 Å². The molecular weight excluding hydrogens is 366 g/mol. The van der Waals surface area contributed by atoms with Crippen LogP contribution in [0, 0.1) is 0 Å². The van der Waals surface area contributed by atoms with Crippen LogP contribution in [0.25, 0.3) is 0 Å². The van der Waals surface area contributed by atoms with Crippen molar-refractivity contribution >= 4 is 23.3 Å². The quantitative estimate of drug-likeness (QED) is 0.567. The van der Waals surface area contributed by atoms with Crippen molar-refractivity contribution in [3.63, 3.8) is 0 Å². The number of benzene rings is 3. The van der Waals surface area contributed by atoms with Crippen LogP contribution in [-0.2, 0) is 9.53 Å². The zero-order valence-corrected chi connectivity index (χ0v) is 16.1. The van der Waals surface area contributed by atoms with Crippen molar-refractivity contribution in [2.75, 3.05) is 24.3 Å². The van der Waals surface area contributed by atoms with Gasteiger partial charge in [-0.05, 0) is 29.3 Å². The lowest BCUT2D eigenvalue weighted by molar-refractivity contribution is -0.121. The van der Waals surface area contributed by atoms with Crippen LogP contribution in [0.4, 0.5) is 16.2 Å². The Morgan fingerprint density at radius 1 is 0.793 bits per heavy atom. The molecule has 0 spiro atoms. The fourth-order valence-electron chi connectivity index (χ4n) is 2.86. The van der Waals surface area contributed by atoms with E-state index in [-0.39, 0.29) is 24.6 Å². The van der Waals surface area contributed by atoms with Gasteiger partial charge in [0.2, 0.25) is 5.91 Å². The maximum absolute atomic E-state index is 12.4. The molecule has 3 N–H and O–H groups in total. The molecule has 0 saturated carbocycles. The molecule has 0 fully saturated rings. The van der Waals surface area contributed by atoms with Crippen molar-refractivity contribution in [2.45, 2.75) is 6.10 Å². The number of carbonyl (C=O) groups excluding carboxylic acids is 2. The Hall–Kier alpha value is -3.64. The molecule has 0 bridgehead atoms. The van der Waals surface area contributed by atoms with Gasteiger partial charge in [-0.3, -0.25) is 4.79 Å². The first-order chi connectivity index (χ1) is 14.2. The van der Waals surface area contributed by atoms with Crippen molar-refractivity contribution in [1.29, 1.82) is 0 Å². The molecule has 148 valence electrons. The van der Waals surface area contributed by atoms with Crippen LogP contribution < -0.4 is 16.0 Å². The fourth-order valence-corrected chi connectivity index (χ4v) is 2.86. The molecule has 0 aliphatic rings. The summed E-state index contributed by atoms with van der Waals surface area (Å²) in [5.41, 5.74) is 3.10. The molecule has 0 heterocycles. The summed E-state index contributed by atoms with van der Waals surface area (Å²) >= 11 is 0. The molecule has 0 aromatic heterocycles. The molecular formula is C23H23N3O3. The predicted molar refractivity (Wildman–Crippen MR) is 114 cm³/mol. The van der Waals surface area contributed by atoms with Gasteiger partial charge in [-0.1, -0.05) is 66.7 Å². The Morgan fingerprint density at radius 3 is 1.90 bits per heavy atom. The largest absolute Gasteiger partial charge is 0.359 e. The Balaban J connectivity index is 1.65. The highest BCUT2D eigenvalue weighted by atomic mass is 16.5. The summed E-state index contributed by atoms with van der Waals surface area (Å²) in [5.74, 6) is -0.279. The van der Waals surface area contributed by atoms with E-state index in [0.29, 0.717) is 11.4 Å². The second-order valence-electron chi connectivity index (χ2n) is 6.35. The highest BCUT2D eigenvalue weighted by Crippen LogP contribution is 2.25. The number of ether oxygens (including phenoxy) is 1. The van der Waals surface area contributed by atoms with E-state index < -0.39 is 0 Å². The number of amides is 3. The number of urea groups is 1. The molecule has 0 radical (unpaired) electrons. The van der Waals surface area contributed by atoms with Crippen LogP contribution in [0.5, 0.6) is 0 Å². The molecule has 29 heavy (non-hydrogen) atoms. The van der Waals surface area contributed by atoms with E-state index in [1.807, 2.05) is 60.7 Å². The fraction of sp³-hybridized carbons (Fsp3) is 0.130. The van der Waals surface area contributed by atoms with Gasteiger partial charge in [0.05, 0.1) is 0 Å². The van der Waals surface area contributed by atoms with Gasteiger partial charge in [0.25, 0.3) is 0 Å². The molecule has 0 aliphatic carbocycles. The zero-order valence-electron chi connectivity index (χ0n) is 16.1. The highest BCUT2D eigenvalue weighted by Gasteiger charge is 2.16. The van der Waals surface area contributed by atoms with Crippen molar-refractivity contribution < 1.29 is 14.3 Å². The second-order valence-corrected chi connectivity index (χ2v) is 6.35. The topological polar surface area (TPSA) is 79.5 Å². The van der Waals surface area contributed by atoms with Gasteiger partial charge in [-0.15, -0.1) is 0 Å². The van der Waals surface area contributed by atoms with Crippen LogP contribution in [0.3, 0.4) is 0 Å². The number of hydrogen-bond donors (Lipinski definition) is 3. The Labute approximate surface area is 169 Å². The first-order valence-corrected chi connectivity index (χ1v) is 9.26. The molecule has 0 saturated heterocycles. The zero-order chi connectivity index (χ0) is 20.5. The van der Waals surface area contributed by atoms with Crippen molar-refractivity contribution in [3.8, 4) is 0 Å². The average Bonchev–Trinajstić information content (AvgIpc) is 2.75. The van der Waals surface area contributed by atoms with Crippen LogP contribution in [0.2, 0.25) is 0 Å². The van der Waals surface area contributed by atoms with E-state index in [4.69, 9.17) is 4.74 Å². The molecule has 0 atom stereocenters. The van der Waals surface area contributed by atoms with Gasteiger partial charge < -0.3 is 20.7 Å². The van der Waals surface area contributed by atoms with Gasteiger partial charge in [-0.25, -0.2) is 4.79 Å². The van der Waals surface area contributed by atoms with E-state index in [9.17, 15) is 9.59 Å². The lowest BCUT2D eigenvalue weighted by Gasteiger charge is -2.19. The summed E-state index contributed by atoms with van der Waals surface area (Å²) in [6, 6.07) is 26.2. The van der Waals surface area contributed by atoms with E-state index in [1.54, 1.807) is 24.3 Å². The molecule has 6 heteroatoms. The molecule has 3 aromatic rings. The summed E-state index contributed by atoms with van der Waals surface area (Å²) in [6.07, 6.45) is -0.343. The number of nitrogens with one attached hydrogen (secondary N) is 3. The Kier molecular flexibility index (Phi) is 6.97. The van der Waals surface area contributed by atoms with Gasteiger partial charge in [0, 0.05) is 18.4 Å². The third-order valence-corrected chi connectivity index (χ3v) is 4.22. The first kappa shape index (κ1) is 20.1. The maximum atomic E-state index is 12.4. The summed E-state index contributed by atoms with van der Waals surface area (Å²) in [5, 5.41) is 7.94. The van der Waals surface area contributed by atoms with Gasteiger partial charge in [-0.2, -0.15) is 0 Å². The van der Waals surface area contributed by atoms with Crippen LogP contribution in [0.1, 0.15) is 17.2 Å². The van der Waals surface area contributed by atoms with Crippen LogP contribution in [0.15, 0.2) is 84.9 Å². The minimum Gasteiger partial charge on any atom is -0.359 e. The Morgan fingerprint density at radius 2 is 1.34 bits per heavy atom. The van der Waals surface area contributed by atoms with Crippen LogP contribution >= 0.6 is 0 Å². The summed E-state index contributed by atoms with van der Waals surface area (Å²) < 4.78 is 5.97. The van der Waals surface area contributed by atoms with E-state index >= 15 is 0 Å². The van der Waals surface area contributed by atoms with Gasteiger partial charge in [0.1, 0.15) is 12.7 Å². The molecule has 0 unspecified atom stereocenters. The summed E-state index contributed by atoms with van der Waals surface area (Å²) in [4.78, 5) is 23.9. The number of anilines is 2. The average molecular weight is 389 g/mol. The SMILES string of the molecule is CNC(=O)Nc1cccc(NC(=O)COC(c2ccccc2)c2ccccc2)c1. The first-order valence-electron chi connectivity index (χ1n) is 9.26. The molecule has 3 amide bonds. The maximum Gasteiger partial charge on any atom is 0.318 e. The number of carbonyl (C=O) groups is 2. The predicted octanol–water partition coefficient (Wildman–Crippen LogP) is 4.18. The third-order valence-electron chi connectivity index (χ3n) is 4.22. The van der Waals surface area contributed by atoms with Crippen molar-refractivity contribution in [1.82, 2.24) is 5.32 Å². The summed E-state index contributed by atoms with van der Waals surface area (Å²) in [7, 11) is 1.54. The lowest BCUT2D eigenvalue weighted by Crippen LogP contribution is -2.24. The smallest absolute Gasteiger partial charge is 0.318 e. The lowest BCUT2D eigenvalue weighted by atomic mass is 10.0. The van der Waals surface area contributed by atoms with Crippen molar-refractivity contribution in [2.24, 2.45) is 0 Å². The standard InChI is InChI=1S/C23H23N3O3/c1-24-23(28)26-20-14-8-13-19(15-20)25-21(27)16-29-22(17-9-4-2-5-10-17)18-11-6-3-7-12-18/h2-15,22H,16H2,1H3,(H,25,27)(H2,24,26,28). The highest BCUT2D eigenvalue weighted by molar-refractivity contribution is 5.94. The minimum absolute atomic E-state index is 0.110. The normalized spacial score (nSPS) is 10.4. The van der Waals surface area contributed by atoms with E-state index in [2.05, 4.69) is 16.0 Å². The summed E-state index contributed by atoms with van der Waals surface area (Å²) in [6.45, 7) is -0.110. The minimum atomic E-state index is -0.343. The third kappa shape index (κ3) is 5.92. The van der Waals surface area contributed by atoms with Crippen LogP contribution in [-0.4, -0.2) is 25.6 Å². The van der Waals surface area contributed by atoms with Crippen molar-refractivity contribution in [3.05, 3.63) is 96.1 Å². The molecule has 3 rings (SSSR count). The Bertz CT molecular complexity index is 906. The monoisotopic (exact) mass is 389 g/mol.